The molecule has 0 aliphatic heterocycles. The van der Waals surface area contributed by atoms with Crippen LogP contribution >= 0.6 is 18.6 Å². The van der Waals surface area contributed by atoms with E-state index >= 15 is 0 Å². The summed E-state index contributed by atoms with van der Waals surface area (Å²) in [5.41, 5.74) is 0. The molecule has 0 saturated carbocycles. The summed E-state index contributed by atoms with van der Waals surface area (Å²) in [6, 6.07) is 18.7. The Balaban J connectivity index is 2.50. The van der Waals surface area contributed by atoms with Crippen LogP contribution < -0.4 is 10.6 Å². The van der Waals surface area contributed by atoms with Crippen molar-refractivity contribution in [3.05, 3.63) is 60.7 Å². The van der Waals surface area contributed by atoms with Crippen LogP contribution in [0.5, 0.6) is 0 Å². The highest BCUT2D eigenvalue weighted by Crippen LogP contribution is 2.47. The van der Waals surface area contributed by atoms with Gasteiger partial charge in [-0.2, -0.15) is 0 Å². The molecule has 0 aliphatic rings. The second-order valence-electron chi connectivity index (χ2n) is 3.25. The van der Waals surface area contributed by atoms with Gasteiger partial charge in [0.05, 0.1) is 0 Å². The van der Waals surface area contributed by atoms with E-state index in [1.165, 1.54) is 0 Å². The Labute approximate surface area is 94.7 Å². The van der Waals surface area contributed by atoms with Crippen molar-refractivity contribution in [2.24, 2.45) is 0 Å². The number of thiol groups is 1. The van der Waals surface area contributed by atoms with E-state index in [-0.39, 0.29) is 0 Å². The standard InChI is InChI=1S/C12H11OPS/c13-14(15,11-7-3-1-4-8-11)12-9-5-2-6-10-12/h1-10H,(H,13,15). The maximum absolute atomic E-state index is 12.5. The second-order valence-corrected chi connectivity index (χ2v) is 7.12. The first-order valence-electron chi connectivity index (χ1n) is 4.65. The van der Waals surface area contributed by atoms with E-state index in [1.54, 1.807) is 0 Å². The smallest absolute Gasteiger partial charge is 0.192 e. The van der Waals surface area contributed by atoms with Crippen molar-refractivity contribution in [2.45, 2.75) is 0 Å². The van der Waals surface area contributed by atoms with Crippen LogP contribution in [0.1, 0.15) is 0 Å². The fraction of sp³-hybridized carbons (Fsp3) is 0. The molecule has 0 saturated heterocycles. The average Bonchev–Trinajstić information content (AvgIpc) is 2.31. The first-order valence-corrected chi connectivity index (χ1v) is 7.51. The van der Waals surface area contributed by atoms with Gasteiger partial charge in [-0.1, -0.05) is 60.7 Å². The molecule has 2 rings (SSSR count). The molecule has 1 nitrogen and oxygen atoms in total. The summed E-state index contributed by atoms with van der Waals surface area (Å²) in [6.45, 7) is 0. The van der Waals surface area contributed by atoms with Crippen LogP contribution in [0.4, 0.5) is 0 Å². The normalized spacial score (nSPS) is 11.3. The Morgan fingerprint density at radius 2 is 1.07 bits per heavy atom. The summed E-state index contributed by atoms with van der Waals surface area (Å²) in [7, 11) is 0. The molecule has 0 aliphatic carbocycles. The number of rotatable bonds is 2. The van der Waals surface area contributed by atoms with Gasteiger partial charge in [0.25, 0.3) is 0 Å². The van der Waals surface area contributed by atoms with E-state index in [0.29, 0.717) is 0 Å². The van der Waals surface area contributed by atoms with E-state index in [0.717, 1.165) is 10.6 Å². The molecule has 15 heavy (non-hydrogen) atoms. The van der Waals surface area contributed by atoms with E-state index in [9.17, 15) is 4.57 Å². The van der Waals surface area contributed by atoms with Gasteiger partial charge in [0.1, 0.15) is 0 Å². The molecule has 2 aromatic rings. The van der Waals surface area contributed by atoms with Crippen molar-refractivity contribution >= 4 is 29.2 Å². The molecule has 0 radical (unpaired) electrons. The molecular formula is C12H11OPS. The number of hydrogen-bond acceptors (Lipinski definition) is 1. The van der Waals surface area contributed by atoms with Gasteiger partial charge < -0.3 is 4.57 Å². The van der Waals surface area contributed by atoms with Crippen LogP contribution in [0.25, 0.3) is 0 Å². The van der Waals surface area contributed by atoms with Crippen molar-refractivity contribution in [3.8, 4) is 0 Å². The fourth-order valence-electron chi connectivity index (χ4n) is 1.41. The molecule has 0 fully saturated rings. The minimum atomic E-state index is -2.70. The SMILES string of the molecule is O=P(S)(c1ccccc1)c1ccccc1. The summed E-state index contributed by atoms with van der Waals surface area (Å²) < 4.78 is 12.5. The quantitative estimate of drug-likeness (QED) is 0.624. The van der Waals surface area contributed by atoms with E-state index in [2.05, 4.69) is 12.2 Å². The third kappa shape index (κ3) is 2.17. The van der Waals surface area contributed by atoms with Crippen LogP contribution in [-0.4, -0.2) is 0 Å². The summed E-state index contributed by atoms with van der Waals surface area (Å²) in [4.78, 5) is 0. The van der Waals surface area contributed by atoms with Crippen LogP contribution in [0, 0.1) is 0 Å². The summed E-state index contributed by atoms with van der Waals surface area (Å²) in [6.07, 6.45) is -2.70. The number of benzene rings is 2. The molecule has 0 amide bonds. The lowest BCUT2D eigenvalue weighted by Crippen LogP contribution is -2.11. The van der Waals surface area contributed by atoms with Gasteiger partial charge >= 0.3 is 0 Å². The lowest BCUT2D eigenvalue weighted by Gasteiger charge is -2.11. The fourth-order valence-corrected chi connectivity index (χ4v) is 3.66. The zero-order chi connectivity index (χ0) is 10.7. The Kier molecular flexibility index (Phi) is 2.99. The molecule has 0 spiro atoms. The van der Waals surface area contributed by atoms with Crippen molar-refractivity contribution in [3.63, 3.8) is 0 Å². The molecule has 3 heteroatoms. The highest BCUT2D eigenvalue weighted by atomic mass is 32.7. The minimum Gasteiger partial charge on any atom is -0.302 e. The largest absolute Gasteiger partial charge is 0.302 e. The minimum absolute atomic E-state index is 0.777. The maximum atomic E-state index is 12.5. The maximum Gasteiger partial charge on any atom is 0.192 e. The molecular weight excluding hydrogens is 223 g/mol. The topological polar surface area (TPSA) is 17.1 Å². The Morgan fingerprint density at radius 3 is 1.40 bits per heavy atom. The third-order valence-electron chi connectivity index (χ3n) is 2.21. The summed E-state index contributed by atoms with van der Waals surface area (Å²) in [5, 5.41) is 1.55. The lowest BCUT2D eigenvalue weighted by atomic mass is 10.4. The third-order valence-corrected chi connectivity index (χ3v) is 5.59. The van der Waals surface area contributed by atoms with Gasteiger partial charge in [0.2, 0.25) is 0 Å². The predicted octanol–water partition coefficient (Wildman–Crippen LogP) is 2.85. The zero-order valence-corrected chi connectivity index (χ0v) is 9.87. The highest BCUT2D eigenvalue weighted by molar-refractivity contribution is 8.53. The molecule has 0 aromatic heterocycles. The monoisotopic (exact) mass is 234 g/mol. The van der Waals surface area contributed by atoms with Crippen LogP contribution in [0.2, 0.25) is 0 Å². The van der Waals surface area contributed by atoms with Gasteiger partial charge in [0, 0.05) is 10.6 Å². The zero-order valence-electron chi connectivity index (χ0n) is 8.08. The van der Waals surface area contributed by atoms with Gasteiger partial charge in [0.15, 0.2) is 6.34 Å². The Morgan fingerprint density at radius 1 is 0.733 bits per heavy atom. The lowest BCUT2D eigenvalue weighted by molar-refractivity contribution is 0.596. The van der Waals surface area contributed by atoms with E-state index in [1.807, 2.05) is 60.7 Å². The van der Waals surface area contributed by atoms with Crippen LogP contribution in [0.15, 0.2) is 60.7 Å². The Bertz CT molecular complexity index is 438. The molecule has 0 bridgehead atoms. The molecule has 0 N–H and O–H groups in total. The number of hydrogen-bond donors (Lipinski definition) is 1. The highest BCUT2D eigenvalue weighted by Gasteiger charge is 2.21. The molecule has 0 atom stereocenters. The van der Waals surface area contributed by atoms with E-state index < -0.39 is 6.34 Å². The summed E-state index contributed by atoms with van der Waals surface area (Å²) in [5.74, 6) is 0. The molecule has 0 unspecified atom stereocenters. The molecule has 76 valence electrons. The Hall–Kier alpha value is -0.980. The molecule has 0 heterocycles. The molecule has 2 aromatic carbocycles. The summed E-state index contributed by atoms with van der Waals surface area (Å²) >= 11 is 4.32. The van der Waals surface area contributed by atoms with Crippen molar-refractivity contribution in [1.29, 1.82) is 0 Å². The van der Waals surface area contributed by atoms with Crippen molar-refractivity contribution in [1.82, 2.24) is 0 Å². The first-order chi connectivity index (χ1) is 7.21. The van der Waals surface area contributed by atoms with Crippen molar-refractivity contribution in [2.75, 3.05) is 0 Å². The average molecular weight is 234 g/mol. The van der Waals surface area contributed by atoms with Gasteiger partial charge in [-0.05, 0) is 0 Å². The predicted molar refractivity (Wildman–Crippen MR) is 68.7 cm³/mol. The second kappa shape index (κ2) is 4.26. The van der Waals surface area contributed by atoms with Crippen LogP contribution in [-0.2, 0) is 4.57 Å². The van der Waals surface area contributed by atoms with Crippen LogP contribution in [0.3, 0.4) is 0 Å². The van der Waals surface area contributed by atoms with Crippen molar-refractivity contribution < 1.29 is 4.57 Å². The van der Waals surface area contributed by atoms with Gasteiger partial charge in [-0.3, -0.25) is 0 Å². The van der Waals surface area contributed by atoms with Gasteiger partial charge in [-0.25, -0.2) is 0 Å². The van der Waals surface area contributed by atoms with Gasteiger partial charge in [-0.15, -0.1) is 12.2 Å². The van der Waals surface area contributed by atoms with E-state index in [4.69, 9.17) is 0 Å². The first kappa shape index (κ1) is 10.5.